The molecule has 1 saturated carbocycles. The number of unbranched alkanes of at least 4 members (excludes halogenated alkanes) is 1. The maximum atomic E-state index is 13.7. The Bertz CT molecular complexity index is 533. The molecule has 2 heteroatoms. The quantitative estimate of drug-likeness (QED) is 0.581. The Morgan fingerprint density at radius 3 is 2.55 bits per heavy atom. The van der Waals surface area contributed by atoms with Crippen LogP contribution in [-0.2, 0) is 0 Å². The summed E-state index contributed by atoms with van der Waals surface area (Å²) in [7, 11) is 0. The lowest BCUT2D eigenvalue weighted by Gasteiger charge is -2.28. The van der Waals surface area contributed by atoms with E-state index in [4.69, 9.17) is 5.26 Å². The summed E-state index contributed by atoms with van der Waals surface area (Å²) in [5.74, 6) is 0.920. The largest absolute Gasteiger partial charge is 0.206 e. The molecular formula is C20H26FN. The van der Waals surface area contributed by atoms with Crippen LogP contribution in [-0.4, -0.2) is 0 Å². The van der Waals surface area contributed by atoms with Gasteiger partial charge in [-0.05, 0) is 74.5 Å². The summed E-state index contributed by atoms with van der Waals surface area (Å²) in [4.78, 5) is 0. The van der Waals surface area contributed by atoms with Crippen molar-refractivity contribution < 1.29 is 4.39 Å². The van der Waals surface area contributed by atoms with Crippen LogP contribution in [0.3, 0.4) is 0 Å². The zero-order chi connectivity index (χ0) is 15.8. The van der Waals surface area contributed by atoms with E-state index in [2.05, 4.69) is 19.1 Å². The van der Waals surface area contributed by atoms with Crippen LogP contribution in [0.25, 0.3) is 0 Å². The third kappa shape index (κ3) is 4.70. The van der Waals surface area contributed by atoms with E-state index in [1.807, 2.05) is 12.1 Å². The Morgan fingerprint density at radius 2 is 1.91 bits per heavy atom. The Balaban J connectivity index is 1.80. The van der Waals surface area contributed by atoms with Crippen LogP contribution in [0.15, 0.2) is 30.4 Å². The molecule has 1 aliphatic carbocycles. The summed E-state index contributed by atoms with van der Waals surface area (Å²) >= 11 is 0. The molecule has 0 aliphatic heterocycles. The second-order valence-electron chi connectivity index (χ2n) is 6.41. The molecule has 0 atom stereocenters. The molecule has 0 bridgehead atoms. The second kappa shape index (κ2) is 8.73. The summed E-state index contributed by atoms with van der Waals surface area (Å²) < 4.78 is 13.7. The Morgan fingerprint density at radius 1 is 1.18 bits per heavy atom. The molecule has 0 amide bonds. The normalized spacial score (nSPS) is 21.9. The van der Waals surface area contributed by atoms with Crippen molar-refractivity contribution in [3.63, 3.8) is 0 Å². The van der Waals surface area contributed by atoms with Crippen molar-refractivity contribution in [1.29, 1.82) is 5.26 Å². The SMILES string of the molecule is CCC/C=C/CCC1CCC(c2ccc(C#N)c(F)c2)CC1. The molecule has 118 valence electrons. The highest BCUT2D eigenvalue weighted by atomic mass is 19.1. The van der Waals surface area contributed by atoms with Crippen LogP contribution in [0.5, 0.6) is 0 Å². The van der Waals surface area contributed by atoms with Crippen molar-refractivity contribution in [2.45, 2.75) is 64.2 Å². The number of allylic oxidation sites excluding steroid dienone is 2. The van der Waals surface area contributed by atoms with E-state index >= 15 is 0 Å². The molecule has 0 saturated heterocycles. The van der Waals surface area contributed by atoms with Gasteiger partial charge in [0, 0.05) is 0 Å². The standard InChI is InChI=1S/C20H26FN/c1-2-3-4-5-6-7-16-8-10-17(11-9-16)18-12-13-19(15-22)20(21)14-18/h4-5,12-14,16-17H,2-3,6-11H2,1H3/b5-4+. The van der Waals surface area contributed by atoms with Crippen molar-refractivity contribution >= 4 is 0 Å². The molecule has 1 fully saturated rings. The minimum atomic E-state index is -0.372. The molecular weight excluding hydrogens is 273 g/mol. The molecule has 0 aromatic heterocycles. The van der Waals surface area contributed by atoms with Gasteiger partial charge < -0.3 is 0 Å². The molecule has 1 aromatic rings. The van der Waals surface area contributed by atoms with Crippen LogP contribution in [0.4, 0.5) is 4.39 Å². The van der Waals surface area contributed by atoms with Crippen molar-refractivity contribution in [3.8, 4) is 6.07 Å². The van der Waals surface area contributed by atoms with Gasteiger partial charge in [0.15, 0.2) is 0 Å². The maximum absolute atomic E-state index is 13.7. The van der Waals surface area contributed by atoms with E-state index in [1.165, 1.54) is 38.5 Å². The molecule has 22 heavy (non-hydrogen) atoms. The van der Waals surface area contributed by atoms with Gasteiger partial charge in [-0.2, -0.15) is 5.26 Å². The fourth-order valence-corrected chi connectivity index (χ4v) is 3.39. The molecule has 2 rings (SSSR count). The van der Waals surface area contributed by atoms with E-state index in [0.29, 0.717) is 5.92 Å². The number of halogens is 1. The monoisotopic (exact) mass is 299 g/mol. The lowest BCUT2D eigenvalue weighted by atomic mass is 9.77. The lowest BCUT2D eigenvalue weighted by Crippen LogP contribution is -2.13. The van der Waals surface area contributed by atoms with Gasteiger partial charge >= 0.3 is 0 Å². The van der Waals surface area contributed by atoms with Crippen LogP contribution in [0.2, 0.25) is 0 Å². The van der Waals surface area contributed by atoms with E-state index in [-0.39, 0.29) is 11.4 Å². The van der Waals surface area contributed by atoms with Crippen LogP contribution >= 0.6 is 0 Å². The predicted octanol–water partition coefficient (Wildman–Crippen LogP) is 6.11. The second-order valence-corrected chi connectivity index (χ2v) is 6.41. The highest BCUT2D eigenvalue weighted by Gasteiger charge is 2.22. The third-order valence-corrected chi connectivity index (χ3v) is 4.80. The summed E-state index contributed by atoms with van der Waals surface area (Å²) in [5.41, 5.74) is 1.22. The zero-order valence-electron chi connectivity index (χ0n) is 13.5. The van der Waals surface area contributed by atoms with Crippen molar-refractivity contribution in [3.05, 3.63) is 47.3 Å². The highest BCUT2D eigenvalue weighted by Crippen LogP contribution is 2.37. The average molecular weight is 299 g/mol. The first-order valence-corrected chi connectivity index (χ1v) is 8.59. The summed E-state index contributed by atoms with van der Waals surface area (Å²) in [6.45, 7) is 2.21. The molecule has 1 aliphatic rings. The van der Waals surface area contributed by atoms with Gasteiger partial charge in [-0.3, -0.25) is 0 Å². The minimum absolute atomic E-state index is 0.149. The van der Waals surface area contributed by atoms with Crippen molar-refractivity contribution in [1.82, 2.24) is 0 Å². The number of nitrogens with zero attached hydrogens (tertiary/aromatic N) is 1. The van der Waals surface area contributed by atoms with Gasteiger partial charge in [0.1, 0.15) is 11.9 Å². The molecule has 0 radical (unpaired) electrons. The lowest BCUT2D eigenvalue weighted by molar-refractivity contribution is 0.311. The Labute approximate surface area is 133 Å². The molecule has 1 nitrogen and oxygen atoms in total. The van der Waals surface area contributed by atoms with E-state index in [9.17, 15) is 4.39 Å². The first-order valence-electron chi connectivity index (χ1n) is 8.59. The molecule has 0 N–H and O–H groups in total. The highest BCUT2D eigenvalue weighted by molar-refractivity contribution is 5.34. The van der Waals surface area contributed by atoms with Gasteiger partial charge in [-0.25, -0.2) is 4.39 Å². The van der Waals surface area contributed by atoms with E-state index < -0.39 is 0 Å². The van der Waals surface area contributed by atoms with Crippen molar-refractivity contribution in [2.75, 3.05) is 0 Å². The van der Waals surface area contributed by atoms with Crippen LogP contribution in [0.1, 0.15) is 75.3 Å². The van der Waals surface area contributed by atoms with Crippen molar-refractivity contribution in [2.24, 2.45) is 5.92 Å². The van der Waals surface area contributed by atoms with Crippen LogP contribution < -0.4 is 0 Å². The van der Waals surface area contributed by atoms with Gasteiger partial charge in [0.25, 0.3) is 0 Å². The maximum Gasteiger partial charge on any atom is 0.141 e. The summed E-state index contributed by atoms with van der Waals surface area (Å²) in [6, 6.07) is 7.01. The Kier molecular flexibility index (Phi) is 6.65. The molecule has 0 spiro atoms. The molecule has 1 aromatic carbocycles. The van der Waals surface area contributed by atoms with Gasteiger partial charge in [-0.15, -0.1) is 0 Å². The van der Waals surface area contributed by atoms with Gasteiger partial charge in [0.2, 0.25) is 0 Å². The fraction of sp³-hybridized carbons (Fsp3) is 0.550. The third-order valence-electron chi connectivity index (χ3n) is 4.80. The molecule has 0 unspecified atom stereocenters. The first-order chi connectivity index (χ1) is 10.7. The minimum Gasteiger partial charge on any atom is -0.206 e. The number of hydrogen-bond acceptors (Lipinski definition) is 1. The fourth-order valence-electron chi connectivity index (χ4n) is 3.39. The Hall–Kier alpha value is -1.62. The number of hydrogen-bond donors (Lipinski definition) is 0. The summed E-state index contributed by atoms with van der Waals surface area (Å²) in [5, 5.41) is 8.80. The van der Waals surface area contributed by atoms with Crippen LogP contribution in [0, 0.1) is 23.1 Å². The van der Waals surface area contributed by atoms with Gasteiger partial charge in [0.05, 0.1) is 5.56 Å². The predicted molar refractivity (Wildman–Crippen MR) is 89.1 cm³/mol. The summed E-state index contributed by atoms with van der Waals surface area (Å²) in [6.07, 6.45) is 14.3. The molecule has 0 heterocycles. The smallest absolute Gasteiger partial charge is 0.141 e. The zero-order valence-corrected chi connectivity index (χ0v) is 13.5. The van der Waals surface area contributed by atoms with E-state index in [0.717, 1.165) is 24.3 Å². The average Bonchev–Trinajstić information content (AvgIpc) is 2.55. The van der Waals surface area contributed by atoms with Gasteiger partial charge in [-0.1, -0.05) is 31.6 Å². The topological polar surface area (TPSA) is 23.8 Å². The first kappa shape index (κ1) is 16.7. The van der Waals surface area contributed by atoms with E-state index in [1.54, 1.807) is 12.1 Å². The number of benzene rings is 1. The number of nitriles is 1. The number of rotatable bonds is 6.